The first-order valence-electron chi connectivity index (χ1n) is 13.3. The van der Waals surface area contributed by atoms with Crippen LogP contribution in [0.5, 0.6) is 0 Å². The van der Waals surface area contributed by atoms with Gasteiger partial charge in [0, 0.05) is 37.9 Å². The van der Waals surface area contributed by atoms with Gasteiger partial charge in [-0.05, 0) is 72.8 Å². The normalized spacial score (nSPS) is 24.0. The maximum atomic E-state index is 13.3. The van der Waals surface area contributed by atoms with Gasteiger partial charge in [-0.1, -0.05) is 31.5 Å². The van der Waals surface area contributed by atoms with Crippen molar-refractivity contribution in [2.75, 3.05) is 31.1 Å². The van der Waals surface area contributed by atoms with Crippen molar-refractivity contribution in [3.63, 3.8) is 0 Å². The summed E-state index contributed by atoms with van der Waals surface area (Å²) in [6.07, 6.45) is 8.38. The van der Waals surface area contributed by atoms with Gasteiger partial charge in [-0.15, -0.1) is 0 Å². The molecule has 1 aromatic carbocycles. The number of nitrogens with one attached hydrogen (secondary N) is 2. The average molecular weight is 488 g/mol. The molecule has 0 radical (unpaired) electrons. The third kappa shape index (κ3) is 4.12. The highest BCUT2D eigenvalue weighted by atomic mass is 16.2. The second-order valence-electron chi connectivity index (χ2n) is 10.7. The molecule has 1 unspecified atom stereocenters. The number of hydrogen-bond acceptors (Lipinski definition) is 5. The molecule has 2 aliphatic heterocycles. The molecule has 4 aliphatic rings. The van der Waals surface area contributed by atoms with Gasteiger partial charge >= 0.3 is 6.03 Å². The summed E-state index contributed by atoms with van der Waals surface area (Å²) in [6.45, 7) is 4.81. The number of benzene rings is 1. The first-order chi connectivity index (χ1) is 17.5. The van der Waals surface area contributed by atoms with E-state index in [-0.39, 0.29) is 11.8 Å². The molecule has 1 atom stereocenters. The Balaban J connectivity index is 1.13. The van der Waals surface area contributed by atoms with E-state index in [0.29, 0.717) is 42.5 Å². The van der Waals surface area contributed by atoms with Crippen LogP contribution < -0.4 is 15.5 Å². The monoisotopic (exact) mass is 487 g/mol. The second-order valence-corrected chi connectivity index (χ2v) is 10.7. The van der Waals surface area contributed by atoms with Gasteiger partial charge in [0.15, 0.2) is 0 Å². The van der Waals surface area contributed by atoms with Gasteiger partial charge in [-0.2, -0.15) is 0 Å². The van der Waals surface area contributed by atoms with Crippen molar-refractivity contribution in [1.82, 2.24) is 20.5 Å². The fraction of sp³-hybridized carbons (Fsp3) is 0.500. The SMILES string of the molecule is CCCC1(c2ccc(C(=O)N3CCN(c4ncc(C5CC5)cc4C4CC4)CC3)cc2)NC(=O)NC1=O. The first-order valence-corrected chi connectivity index (χ1v) is 13.3. The Morgan fingerprint density at radius 3 is 2.31 bits per heavy atom. The van der Waals surface area contributed by atoms with Crippen molar-refractivity contribution in [1.29, 1.82) is 0 Å². The molecule has 8 nitrogen and oxygen atoms in total. The number of urea groups is 1. The van der Waals surface area contributed by atoms with Crippen molar-refractivity contribution >= 4 is 23.7 Å². The molecule has 6 rings (SSSR count). The van der Waals surface area contributed by atoms with Gasteiger partial charge in [0.05, 0.1) is 0 Å². The topological polar surface area (TPSA) is 94.6 Å². The molecule has 1 aromatic heterocycles. The summed E-state index contributed by atoms with van der Waals surface area (Å²) in [4.78, 5) is 46.8. The van der Waals surface area contributed by atoms with Crippen LogP contribution in [0.15, 0.2) is 36.5 Å². The highest BCUT2D eigenvalue weighted by molar-refractivity contribution is 6.07. The standard InChI is InChI=1S/C28H33N5O3/c1-2-11-28(26(35)30-27(36)31-28)22-9-7-20(8-10-22)25(34)33-14-12-32(13-15-33)24-23(19-5-6-19)16-21(17-29-24)18-3-4-18/h7-10,16-19H,2-6,11-15H2,1H3,(H2,30,31,35,36). The van der Waals surface area contributed by atoms with E-state index >= 15 is 0 Å². The number of rotatable bonds is 7. The van der Waals surface area contributed by atoms with Crippen LogP contribution in [-0.4, -0.2) is 53.9 Å². The Morgan fingerprint density at radius 2 is 1.72 bits per heavy atom. The van der Waals surface area contributed by atoms with E-state index in [1.54, 1.807) is 24.3 Å². The van der Waals surface area contributed by atoms with E-state index in [0.717, 1.165) is 25.3 Å². The van der Waals surface area contributed by atoms with Crippen LogP contribution in [0.3, 0.4) is 0 Å². The number of pyridine rings is 1. The molecular formula is C28H33N5O3. The molecule has 2 saturated heterocycles. The lowest BCUT2D eigenvalue weighted by molar-refractivity contribution is -0.124. The second kappa shape index (κ2) is 8.91. The Morgan fingerprint density at radius 1 is 1.03 bits per heavy atom. The molecule has 2 saturated carbocycles. The quantitative estimate of drug-likeness (QED) is 0.582. The number of anilines is 1. The molecular weight excluding hydrogens is 454 g/mol. The third-order valence-electron chi connectivity index (χ3n) is 8.04. The summed E-state index contributed by atoms with van der Waals surface area (Å²) >= 11 is 0. The zero-order valence-corrected chi connectivity index (χ0v) is 20.8. The lowest BCUT2D eigenvalue weighted by Crippen LogP contribution is -2.49. The van der Waals surface area contributed by atoms with Crippen LogP contribution in [0.2, 0.25) is 0 Å². The smallest absolute Gasteiger partial charge is 0.322 e. The summed E-state index contributed by atoms with van der Waals surface area (Å²) in [5.41, 5.74) is 3.02. The summed E-state index contributed by atoms with van der Waals surface area (Å²) in [7, 11) is 0. The Hall–Kier alpha value is -3.42. The van der Waals surface area contributed by atoms with Crippen LogP contribution >= 0.6 is 0 Å². The van der Waals surface area contributed by atoms with E-state index in [1.165, 1.54) is 36.8 Å². The lowest BCUT2D eigenvalue weighted by Gasteiger charge is -2.36. The molecule has 0 bridgehead atoms. The van der Waals surface area contributed by atoms with Crippen LogP contribution in [0, 0.1) is 0 Å². The van der Waals surface area contributed by atoms with Gasteiger partial charge in [-0.25, -0.2) is 9.78 Å². The van der Waals surface area contributed by atoms with Crippen molar-refractivity contribution in [3.05, 3.63) is 58.8 Å². The summed E-state index contributed by atoms with van der Waals surface area (Å²) < 4.78 is 0. The molecule has 2 N–H and O–H groups in total. The van der Waals surface area contributed by atoms with E-state index in [9.17, 15) is 14.4 Å². The van der Waals surface area contributed by atoms with Crippen LogP contribution in [0.4, 0.5) is 10.6 Å². The minimum absolute atomic E-state index is 0.00916. The molecule has 3 heterocycles. The number of imide groups is 1. The summed E-state index contributed by atoms with van der Waals surface area (Å²) in [5, 5.41) is 5.14. The van der Waals surface area contributed by atoms with Crippen LogP contribution in [0.25, 0.3) is 0 Å². The zero-order valence-electron chi connectivity index (χ0n) is 20.8. The van der Waals surface area contributed by atoms with E-state index in [1.807, 2.05) is 11.8 Å². The minimum Gasteiger partial charge on any atom is -0.353 e. The minimum atomic E-state index is -1.07. The molecule has 2 aliphatic carbocycles. The molecule has 4 fully saturated rings. The lowest BCUT2D eigenvalue weighted by atomic mass is 9.85. The van der Waals surface area contributed by atoms with E-state index in [4.69, 9.17) is 4.98 Å². The summed E-state index contributed by atoms with van der Waals surface area (Å²) in [5.74, 6) is 2.11. The van der Waals surface area contributed by atoms with Gasteiger partial charge in [0.2, 0.25) is 0 Å². The first kappa shape index (κ1) is 23.0. The van der Waals surface area contributed by atoms with Crippen LogP contribution in [0.1, 0.15) is 84.3 Å². The number of nitrogens with zero attached hydrogens (tertiary/aromatic N) is 3. The van der Waals surface area contributed by atoms with E-state index in [2.05, 4.69) is 27.8 Å². The van der Waals surface area contributed by atoms with E-state index < -0.39 is 11.6 Å². The Bertz CT molecular complexity index is 1200. The van der Waals surface area contributed by atoms with Crippen molar-refractivity contribution in [2.24, 2.45) is 0 Å². The highest BCUT2D eigenvalue weighted by Crippen LogP contribution is 2.47. The van der Waals surface area contributed by atoms with Gasteiger partial charge in [0.1, 0.15) is 11.4 Å². The molecule has 36 heavy (non-hydrogen) atoms. The number of carbonyl (C=O) groups is 3. The largest absolute Gasteiger partial charge is 0.353 e. The average Bonchev–Trinajstić information content (AvgIpc) is 3.82. The predicted octanol–water partition coefficient (Wildman–Crippen LogP) is 3.63. The Kier molecular flexibility index (Phi) is 5.69. The number of carbonyl (C=O) groups excluding carboxylic acids is 3. The molecule has 4 amide bonds. The molecule has 2 aromatic rings. The van der Waals surface area contributed by atoms with Gasteiger partial charge < -0.3 is 15.1 Å². The van der Waals surface area contributed by atoms with Gasteiger partial charge in [0.25, 0.3) is 11.8 Å². The highest BCUT2D eigenvalue weighted by Gasteiger charge is 2.46. The van der Waals surface area contributed by atoms with Crippen molar-refractivity contribution in [3.8, 4) is 0 Å². The predicted molar refractivity (Wildman–Crippen MR) is 136 cm³/mol. The maximum absolute atomic E-state index is 13.3. The number of piperazine rings is 1. The summed E-state index contributed by atoms with van der Waals surface area (Å²) in [6, 6.07) is 9.03. The van der Waals surface area contributed by atoms with Crippen molar-refractivity contribution in [2.45, 2.75) is 62.8 Å². The molecule has 8 heteroatoms. The maximum Gasteiger partial charge on any atom is 0.322 e. The molecule has 188 valence electrons. The molecule has 0 spiro atoms. The van der Waals surface area contributed by atoms with Crippen LogP contribution in [-0.2, 0) is 10.3 Å². The van der Waals surface area contributed by atoms with Crippen molar-refractivity contribution < 1.29 is 14.4 Å². The number of hydrogen-bond donors (Lipinski definition) is 2. The third-order valence-corrected chi connectivity index (χ3v) is 8.04. The zero-order chi connectivity index (χ0) is 24.9. The number of amides is 4. The number of aromatic nitrogens is 1. The fourth-order valence-electron chi connectivity index (χ4n) is 5.68. The van der Waals surface area contributed by atoms with Gasteiger partial charge in [-0.3, -0.25) is 14.9 Å². The Labute approximate surface area is 211 Å². The fourth-order valence-corrected chi connectivity index (χ4v) is 5.68.